The van der Waals surface area contributed by atoms with E-state index in [1.165, 1.54) is 12.1 Å². The summed E-state index contributed by atoms with van der Waals surface area (Å²) in [7, 11) is 0. The molecule has 0 N–H and O–H groups in total. The first-order valence-corrected chi connectivity index (χ1v) is 6.23. The molecule has 0 aliphatic carbocycles. The van der Waals surface area contributed by atoms with Crippen LogP contribution in [-0.2, 0) is 0 Å². The van der Waals surface area contributed by atoms with Gasteiger partial charge >= 0.3 is 0 Å². The first-order valence-electron chi connectivity index (χ1n) is 5.09. The third kappa shape index (κ3) is 3.65. The zero-order chi connectivity index (χ0) is 12.3. The first-order chi connectivity index (χ1) is 7.41. The summed E-state index contributed by atoms with van der Waals surface area (Å²) in [5, 5.41) is 1.09. The number of hydrogen-bond donors (Lipinski definition) is 0. The smallest absolute Gasteiger partial charge is 0.165 e. The highest BCUT2D eigenvalue weighted by Crippen LogP contribution is 2.30. The molecule has 16 heavy (non-hydrogen) atoms. The Hall–Kier alpha value is -0.240. The van der Waals surface area contributed by atoms with Gasteiger partial charge in [0.2, 0.25) is 0 Å². The van der Waals surface area contributed by atoms with Crippen molar-refractivity contribution in [2.75, 3.05) is 0 Å². The van der Waals surface area contributed by atoms with Gasteiger partial charge in [0.05, 0.1) is 15.6 Å². The number of Topliss-reactive ketones (excluding diaryl/α,β-unsaturated/α-hetero) is 1. The van der Waals surface area contributed by atoms with E-state index < -0.39 is 0 Å². The number of carbonyl (C=O) groups is 1. The third-order valence-corrected chi connectivity index (χ3v) is 3.05. The number of halogens is 3. The molecule has 0 aromatic heterocycles. The van der Waals surface area contributed by atoms with Gasteiger partial charge in [0.1, 0.15) is 0 Å². The Balaban J connectivity index is 2.91. The minimum absolute atomic E-state index is 0.0274. The van der Waals surface area contributed by atoms with Crippen LogP contribution in [0.4, 0.5) is 0 Å². The van der Waals surface area contributed by atoms with Crippen molar-refractivity contribution < 1.29 is 4.79 Å². The molecule has 0 saturated heterocycles. The van der Waals surface area contributed by atoms with Crippen molar-refractivity contribution in [2.45, 2.75) is 26.7 Å². The Labute approximate surface area is 111 Å². The average molecular weight is 280 g/mol. The van der Waals surface area contributed by atoms with Gasteiger partial charge in [0.15, 0.2) is 5.78 Å². The standard InChI is InChI=1S/C12H13Cl3O/c1-7(2)3-4-11(16)12-9(14)5-8(13)6-10(12)15/h5-7H,3-4H2,1-2H3. The van der Waals surface area contributed by atoms with Gasteiger partial charge in [-0.25, -0.2) is 0 Å². The molecule has 0 heterocycles. The van der Waals surface area contributed by atoms with Crippen molar-refractivity contribution in [3.63, 3.8) is 0 Å². The van der Waals surface area contributed by atoms with Gasteiger partial charge in [0, 0.05) is 11.4 Å². The van der Waals surface area contributed by atoms with E-state index in [9.17, 15) is 4.79 Å². The van der Waals surface area contributed by atoms with Crippen LogP contribution in [0.1, 0.15) is 37.0 Å². The highest BCUT2D eigenvalue weighted by atomic mass is 35.5. The van der Waals surface area contributed by atoms with E-state index in [4.69, 9.17) is 34.8 Å². The van der Waals surface area contributed by atoms with Crippen molar-refractivity contribution >= 4 is 40.6 Å². The van der Waals surface area contributed by atoms with E-state index >= 15 is 0 Å². The summed E-state index contributed by atoms with van der Waals surface area (Å²) in [6, 6.07) is 3.08. The lowest BCUT2D eigenvalue weighted by Gasteiger charge is -2.08. The summed E-state index contributed by atoms with van der Waals surface area (Å²) in [4.78, 5) is 11.9. The maximum absolute atomic E-state index is 11.9. The lowest BCUT2D eigenvalue weighted by molar-refractivity contribution is 0.0976. The maximum atomic E-state index is 11.9. The molecule has 0 radical (unpaired) electrons. The second-order valence-corrected chi connectivity index (χ2v) is 5.35. The third-order valence-electron chi connectivity index (χ3n) is 2.23. The van der Waals surface area contributed by atoms with Crippen LogP contribution >= 0.6 is 34.8 Å². The van der Waals surface area contributed by atoms with Gasteiger partial charge in [-0.05, 0) is 24.5 Å². The van der Waals surface area contributed by atoms with Crippen molar-refractivity contribution in [2.24, 2.45) is 5.92 Å². The van der Waals surface area contributed by atoms with Crippen LogP contribution in [0.15, 0.2) is 12.1 Å². The van der Waals surface area contributed by atoms with Crippen molar-refractivity contribution in [1.82, 2.24) is 0 Å². The second-order valence-electron chi connectivity index (χ2n) is 4.10. The normalized spacial score (nSPS) is 10.9. The Kier molecular flexibility index (Phi) is 5.10. The fourth-order valence-corrected chi connectivity index (χ4v) is 2.38. The SMILES string of the molecule is CC(C)CCC(=O)c1c(Cl)cc(Cl)cc1Cl. The monoisotopic (exact) mass is 278 g/mol. The molecule has 0 unspecified atom stereocenters. The Morgan fingerprint density at radius 1 is 1.19 bits per heavy atom. The average Bonchev–Trinajstić information content (AvgIpc) is 2.12. The number of ketones is 1. The lowest BCUT2D eigenvalue weighted by atomic mass is 10.0. The first kappa shape index (κ1) is 13.8. The zero-order valence-electron chi connectivity index (χ0n) is 9.19. The van der Waals surface area contributed by atoms with Gasteiger partial charge in [-0.15, -0.1) is 0 Å². The summed E-state index contributed by atoms with van der Waals surface area (Å²) < 4.78 is 0. The van der Waals surface area contributed by atoms with E-state index in [0.29, 0.717) is 33.0 Å². The predicted octanol–water partition coefficient (Wildman–Crippen LogP) is 5.27. The fourth-order valence-electron chi connectivity index (χ4n) is 1.35. The molecule has 0 amide bonds. The van der Waals surface area contributed by atoms with Crippen LogP contribution in [0.2, 0.25) is 15.1 Å². The summed E-state index contributed by atoms with van der Waals surface area (Å²) in [6.45, 7) is 4.14. The highest BCUT2D eigenvalue weighted by Gasteiger charge is 2.15. The van der Waals surface area contributed by atoms with Crippen LogP contribution in [0.3, 0.4) is 0 Å². The van der Waals surface area contributed by atoms with Gasteiger partial charge in [0.25, 0.3) is 0 Å². The topological polar surface area (TPSA) is 17.1 Å². The molecule has 0 spiro atoms. The maximum Gasteiger partial charge on any atom is 0.165 e. The largest absolute Gasteiger partial charge is 0.294 e. The van der Waals surface area contributed by atoms with Crippen molar-refractivity contribution in [3.8, 4) is 0 Å². The molecule has 1 nitrogen and oxygen atoms in total. The molecule has 88 valence electrons. The van der Waals surface area contributed by atoms with E-state index in [1.54, 1.807) is 0 Å². The number of benzene rings is 1. The molecular formula is C12H13Cl3O. The van der Waals surface area contributed by atoms with Crippen LogP contribution in [0, 0.1) is 5.92 Å². The van der Waals surface area contributed by atoms with Gasteiger partial charge in [-0.3, -0.25) is 4.79 Å². The Morgan fingerprint density at radius 2 is 1.69 bits per heavy atom. The molecule has 1 aromatic carbocycles. The molecule has 0 atom stereocenters. The minimum atomic E-state index is -0.0274. The van der Waals surface area contributed by atoms with E-state index in [2.05, 4.69) is 13.8 Å². The molecule has 0 bridgehead atoms. The summed E-state index contributed by atoms with van der Waals surface area (Å²) in [5.41, 5.74) is 0.383. The van der Waals surface area contributed by atoms with Gasteiger partial charge in [-0.1, -0.05) is 48.7 Å². The number of carbonyl (C=O) groups excluding carboxylic acids is 1. The molecule has 0 fully saturated rings. The van der Waals surface area contributed by atoms with Gasteiger partial charge in [-0.2, -0.15) is 0 Å². The lowest BCUT2D eigenvalue weighted by Crippen LogP contribution is -2.03. The van der Waals surface area contributed by atoms with E-state index in [1.807, 2.05) is 0 Å². The predicted molar refractivity (Wildman–Crippen MR) is 69.9 cm³/mol. The van der Waals surface area contributed by atoms with Crippen molar-refractivity contribution in [3.05, 3.63) is 32.8 Å². The van der Waals surface area contributed by atoms with E-state index in [-0.39, 0.29) is 5.78 Å². The fraction of sp³-hybridized carbons (Fsp3) is 0.417. The van der Waals surface area contributed by atoms with E-state index in [0.717, 1.165) is 6.42 Å². The Bertz CT molecular complexity index is 376. The molecule has 4 heteroatoms. The molecule has 0 saturated carbocycles. The molecule has 1 aromatic rings. The molecule has 0 aliphatic rings. The molecule has 1 rings (SSSR count). The Morgan fingerprint density at radius 3 is 2.12 bits per heavy atom. The molecular weight excluding hydrogens is 266 g/mol. The minimum Gasteiger partial charge on any atom is -0.294 e. The number of rotatable bonds is 4. The van der Waals surface area contributed by atoms with Crippen LogP contribution in [0.25, 0.3) is 0 Å². The van der Waals surface area contributed by atoms with Crippen molar-refractivity contribution in [1.29, 1.82) is 0 Å². The highest BCUT2D eigenvalue weighted by molar-refractivity contribution is 6.42. The summed E-state index contributed by atoms with van der Waals surface area (Å²) in [6.07, 6.45) is 1.28. The molecule has 0 aliphatic heterocycles. The second kappa shape index (κ2) is 5.90. The number of hydrogen-bond acceptors (Lipinski definition) is 1. The quantitative estimate of drug-likeness (QED) is 0.687. The van der Waals surface area contributed by atoms with Gasteiger partial charge < -0.3 is 0 Å². The van der Waals surface area contributed by atoms with Crippen LogP contribution in [0.5, 0.6) is 0 Å². The zero-order valence-corrected chi connectivity index (χ0v) is 11.5. The van der Waals surface area contributed by atoms with Crippen LogP contribution < -0.4 is 0 Å². The summed E-state index contributed by atoms with van der Waals surface area (Å²) in [5.74, 6) is 0.453. The van der Waals surface area contributed by atoms with Crippen LogP contribution in [-0.4, -0.2) is 5.78 Å². The summed E-state index contributed by atoms with van der Waals surface area (Å²) >= 11 is 17.7.